The normalized spacial score (nSPS) is 21.0. The number of carbonyl (C=O) groups is 2. The zero-order valence-corrected chi connectivity index (χ0v) is 14.2. The maximum absolute atomic E-state index is 14.0. The third kappa shape index (κ3) is 3.69. The van der Waals surface area contributed by atoms with Crippen molar-refractivity contribution < 1.29 is 23.1 Å². The molecule has 2 N–H and O–H groups in total. The number of anilines is 2. The van der Waals surface area contributed by atoms with Crippen molar-refractivity contribution in [2.45, 2.75) is 18.4 Å². The summed E-state index contributed by atoms with van der Waals surface area (Å²) in [5.74, 6) is -0.886. The van der Waals surface area contributed by atoms with Gasteiger partial charge in [-0.3, -0.25) is 4.90 Å². The number of nitrogens with one attached hydrogen (secondary N) is 2. The molecule has 0 radical (unpaired) electrons. The third-order valence-electron chi connectivity index (χ3n) is 4.65. The second kappa shape index (κ2) is 6.86. The lowest BCUT2D eigenvalue weighted by molar-refractivity contribution is 0.181. The molecule has 1 saturated heterocycles. The van der Waals surface area contributed by atoms with E-state index in [0.717, 1.165) is 5.56 Å². The van der Waals surface area contributed by atoms with Crippen LogP contribution in [0.3, 0.4) is 0 Å². The van der Waals surface area contributed by atoms with Crippen LogP contribution in [0.15, 0.2) is 42.5 Å². The van der Waals surface area contributed by atoms with Crippen LogP contribution >= 0.6 is 0 Å². The first-order chi connectivity index (χ1) is 13.0. The minimum atomic E-state index is -0.612. The number of ether oxygens (including phenoxy) is 1. The summed E-state index contributed by atoms with van der Waals surface area (Å²) in [5.41, 5.74) is 1.23. The van der Waals surface area contributed by atoms with Crippen LogP contribution in [-0.2, 0) is 4.74 Å². The van der Waals surface area contributed by atoms with E-state index < -0.39 is 17.9 Å². The zero-order valence-electron chi connectivity index (χ0n) is 14.2. The average molecular weight is 373 g/mol. The largest absolute Gasteiger partial charge is 0.447 e. The minimum absolute atomic E-state index is 0.0346. The molecule has 3 amide bonds. The number of hydrogen-bond donors (Lipinski definition) is 2. The Balaban J connectivity index is 1.39. The Labute approximate surface area is 154 Å². The van der Waals surface area contributed by atoms with Crippen LogP contribution in [0.25, 0.3) is 0 Å². The van der Waals surface area contributed by atoms with Crippen LogP contribution in [0, 0.1) is 11.6 Å². The Kier molecular flexibility index (Phi) is 4.39. The van der Waals surface area contributed by atoms with Crippen molar-refractivity contribution in [2.75, 3.05) is 23.4 Å². The van der Waals surface area contributed by atoms with Gasteiger partial charge in [0.1, 0.15) is 18.2 Å². The van der Waals surface area contributed by atoms with E-state index >= 15 is 0 Å². The van der Waals surface area contributed by atoms with Gasteiger partial charge in [0, 0.05) is 17.6 Å². The Morgan fingerprint density at radius 3 is 2.78 bits per heavy atom. The van der Waals surface area contributed by atoms with E-state index in [1.807, 2.05) is 6.07 Å². The molecule has 0 bridgehead atoms. The van der Waals surface area contributed by atoms with Gasteiger partial charge in [-0.15, -0.1) is 0 Å². The Morgan fingerprint density at radius 1 is 1.19 bits per heavy atom. The van der Waals surface area contributed by atoms with Gasteiger partial charge in [0.05, 0.1) is 12.2 Å². The molecule has 2 atom stereocenters. The molecule has 0 spiro atoms. The van der Waals surface area contributed by atoms with E-state index in [1.165, 1.54) is 35.2 Å². The molecule has 2 aliphatic rings. The van der Waals surface area contributed by atoms with Gasteiger partial charge in [0.15, 0.2) is 0 Å². The maximum atomic E-state index is 14.0. The highest BCUT2D eigenvalue weighted by atomic mass is 19.1. The van der Waals surface area contributed by atoms with Crippen molar-refractivity contribution in [1.82, 2.24) is 5.32 Å². The number of benzene rings is 2. The first-order valence-corrected chi connectivity index (χ1v) is 8.58. The molecule has 2 aromatic rings. The Bertz CT molecular complexity index is 906. The number of hydrogen-bond acceptors (Lipinski definition) is 3. The monoisotopic (exact) mass is 373 g/mol. The molecule has 27 heavy (non-hydrogen) atoms. The molecular formula is C19H17F2N3O3. The Hall–Kier alpha value is -3.16. The molecule has 140 valence electrons. The molecule has 1 saturated carbocycles. The average Bonchev–Trinajstić information content (AvgIpc) is 3.26. The fourth-order valence-corrected chi connectivity index (χ4v) is 3.19. The van der Waals surface area contributed by atoms with Crippen LogP contribution in [0.4, 0.5) is 29.7 Å². The number of rotatable bonds is 4. The first-order valence-electron chi connectivity index (χ1n) is 8.58. The number of halogens is 2. The van der Waals surface area contributed by atoms with E-state index in [0.29, 0.717) is 18.7 Å². The number of carbonyl (C=O) groups excluding carboxylic acids is 2. The summed E-state index contributed by atoms with van der Waals surface area (Å²) in [6, 6.07) is 9.59. The predicted octanol–water partition coefficient (Wildman–Crippen LogP) is 3.60. The summed E-state index contributed by atoms with van der Waals surface area (Å²) in [5, 5.41) is 5.22. The molecule has 0 aromatic heterocycles. The van der Waals surface area contributed by atoms with E-state index in [9.17, 15) is 18.4 Å². The summed E-state index contributed by atoms with van der Waals surface area (Å²) in [4.78, 5) is 25.2. The quantitative estimate of drug-likeness (QED) is 0.860. The SMILES string of the molecule is O=C(Nc1cc(N2CCOC2=O)ccc1F)NC1CC1c1cccc(F)c1. The molecule has 6 nitrogen and oxygen atoms in total. The summed E-state index contributed by atoms with van der Waals surface area (Å²) in [7, 11) is 0. The van der Waals surface area contributed by atoms with Crippen molar-refractivity contribution >= 4 is 23.5 Å². The summed E-state index contributed by atoms with van der Waals surface area (Å²) >= 11 is 0. The first kappa shape index (κ1) is 17.3. The van der Waals surface area contributed by atoms with Gasteiger partial charge in [-0.05, 0) is 42.3 Å². The summed E-state index contributed by atoms with van der Waals surface area (Å²) in [6.45, 7) is 0.635. The van der Waals surface area contributed by atoms with Crippen LogP contribution in [0.1, 0.15) is 17.9 Å². The van der Waals surface area contributed by atoms with Crippen molar-refractivity contribution in [2.24, 2.45) is 0 Å². The molecule has 2 fully saturated rings. The number of amides is 3. The van der Waals surface area contributed by atoms with E-state index in [2.05, 4.69) is 10.6 Å². The zero-order chi connectivity index (χ0) is 19.0. The maximum Gasteiger partial charge on any atom is 0.414 e. The van der Waals surface area contributed by atoms with Gasteiger partial charge in [-0.25, -0.2) is 18.4 Å². The predicted molar refractivity (Wildman–Crippen MR) is 94.8 cm³/mol. The second-order valence-electron chi connectivity index (χ2n) is 6.53. The molecule has 1 aliphatic carbocycles. The number of urea groups is 1. The van der Waals surface area contributed by atoms with Gasteiger partial charge in [-0.1, -0.05) is 12.1 Å². The van der Waals surface area contributed by atoms with E-state index in [4.69, 9.17) is 4.74 Å². The molecule has 8 heteroatoms. The van der Waals surface area contributed by atoms with Gasteiger partial charge < -0.3 is 15.4 Å². The Morgan fingerprint density at radius 2 is 2.04 bits per heavy atom. The van der Waals surface area contributed by atoms with Gasteiger partial charge in [-0.2, -0.15) is 0 Å². The molecule has 4 rings (SSSR count). The topological polar surface area (TPSA) is 70.7 Å². The lowest BCUT2D eigenvalue weighted by Crippen LogP contribution is -2.31. The standard InChI is InChI=1S/C19H17F2N3O3/c20-12-3-1-2-11(8-12)14-10-16(14)22-18(25)23-17-9-13(4-5-15(17)21)24-6-7-27-19(24)26/h1-5,8-9,14,16H,6-7,10H2,(H2,22,23,25). The van der Waals surface area contributed by atoms with Gasteiger partial charge in [0.2, 0.25) is 0 Å². The van der Waals surface area contributed by atoms with Crippen LogP contribution in [-0.4, -0.2) is 31.3 Å². The lowest BCUT2D eigenvalue weighted by atomic mass is 10.1. The summed E-state index contributed by atoms with van der Waals surface area (Å²) in [6.07, 6.45) is 0.187. The highest BCUT2D eigenvalue weighted by molar-refractivity contribution is 5.93. The number of cyclic esters (lactones) is 1. The molecule has 2 aromatic carbocycles. The van der Waals surface area contributed by atoms with Crippen molar-refractivity contribution in [1.29, 1.82) is 0 Å². The van der Waals surface area contributed by atoms with Crippen molar-refractivity contribution in [3.8, 4) is 0 Å². The second-order valence-corrected chi connectivity index (χ2v) is 6.53. The lowest BCUT2D eigenvalue weighted by Gasteiger charge is -2.15. The highest BCUT2D eigenvalue weighted by Gasteiger charge is 2.39. The highest BCUT2D eigenvalue weighted by Crippen LogP contribution is 2.41. The van der Waals surface area contributed by atoms with Crippen LogP contribution in [0.5, 0.6) is 0 Å². The van der Waals surface area contributed by atoms with E-state index in [1.54, 1.807) is 6.07 Å². The molecule has 1 heterocycles. The van der Waals surface area contributed by atoms with Crippen LogP contribution in [0.2, 0.25) is 0 Å². The smallest absolute Gasteiger partial charge is 0.414 e. The molecular weight excluding hydrogens is 356 g/mol. The fraction of sp³-hybridized carbons (Fsp3) is 0.263. The van der Waals surface area contributed by atoms with Gasteiger partial charge in [0.25, 0.3) is 0 Å². The van der Waals surface area contributed by atoms with Crippen molar-refractivity contribution in [3.05, 3.63) is 59.7 Å². The summed E-state index contributed by atoms with van der Waals surface area (Å²) < 4.78 is 32.2. The minimum Gasteiger partial charge on any atom is -0.447 e. The van der Waals surface area contributed by atoms with Crippen LogP contribution < -0.4 is 15.5 Å². The third-order valence-corrected chi connectivity index (χ3v) is 4.65. The fourth-order valence-electron chi connectivity index (χ4n) is 3.19. The van der Waals surface area contributed by atoms with E-state index in [-0.39, 0.29) is 30.1 Å². The molecule has 2 unspecified atom stereocenters. The van der Waals surface area contributed by atoms with Gasteiger partial charge >= 0.3 is 12.1 Å². The van der Waals surface area contributed by atoms with Crippen molar-refractivity contribution in [3.63, 3.8) is 0 Å². The molecule has 1 aliphatic heterocycles. The number of nitrogens with zero attached hydrogens (tertiary/aromatic N) is 1.